The zero-order valence-electron chi connectivity index (χ0n) is 9.89. The summed E-state index contributed by atoms with van der Waals surface area (Å²) < 4.78 is 5.30. The molecule has 2 amide bonds. The summed E-state index contributed by atoms with van der Waals surface area (Å²) in [4.78, 5) is 24.2. The second-order valence-corrected chi connectivity index (χ2v) is 3.99. The number of nitrogens with one attached hydrogen (secondary N) is 1. The quantitative estimate of drug-likeness (QED) is 0.701. The van der Waals surface area contributed by atoms with E-state index in [1.807, 2.05) is 6.92 Å². The van der Waals surface area contributed by atoms with E-state index in [0.717, 1.165) is 0 Å². The number of carbonyl (C=O) groups excluding carboxylic acids is 1. The fourth-order valence-corrected chi connectivity index (χ4v) is 1.63. The Bertz CT molecular complexity index is 306. The first-order valence-corrected chi connectivity index (χ1v) is 5.55. The average Bonchev–Trinajstić information content (AvgIpc) is 2.28. The number of ether oxygens (including phenoxy) is 1. The normalized spacial score (nSPS) is 21.7. The van der Waals surface area contributed by atoms with Crippen molar-refractivity contribution in [2.24, 2.45) is 0 Å². The van der Waals surface area contributed by atoms with Gasteiger partial charge in [-0.2, -0.15) is 0 Å². The summed E-state index contributed by atoms with van der Waals surface area (Å²) in [5, 5.41) is 11.4. The number of hydrogen-bond donors (Lipinski definition) is 2. The first-order valence-electron chi connectivity index (χ1n) is 5.55. The molecule has 17 heavy (non-hydrogen) atoms. The Morgan fingerprint density at radius 3 is 2.94 bits per heavy atom. The van der Waals surface area contributed by atoms with Gasteiger partial charge in [-0.25, -0.2) is 9.59 Å². The summed E-state index contributed by atoms with van der Waals surface area (Å²) in [6.45, 7) is 6.78. The summed E-state index contributed by atoms with van der Waals surface area (Å²) in [6, 6.07) is -1.28. The lowest BCUT2D eigenvalue weighted by Crippen LogP contribution is -2.52. The summed E-state index contributed by atoms with van der Waals surface area (Å²) in [6.07, 6.45) is 1.67. The van der Waals surface area contributed by atoms with E-state index >= 15 is 0 Å². The molecule has 96 valence electrons. The second-order valence-electron chi connectivity index (χ2n) is 3.99. The maximum absolute atomic E-state index is 11.8. The SMILES string of the molecule is C=CCC(NC(=O)N1CCOC(C)C1)C(=O)O. The van der Waals surface area contributed by atoms with Gasteiger partial charge in [0.2, 0.25) is 0 Å². The molecular formula is C11H18N2O4. The molecule has 0 aromatic carbocycles. The molecule has 0 aromatic rings. The number of carboxylic acid groups (broad SMARTS) is 1. The molecule has 2 atom stereocenters. The van der Waals surface area contributed by atoms with Crippen LogP contribution in [0.3, 0.4) is 0 Å². The predicted molar refractivity (Wildman–Crippen MR) is 61.8 cm³/mol. The number of amides is 2. The Morgan fingerprint density at radius 2 is 2.41 bits per heavy atom. The van der Waals surface area contributed by atoms with E-state index in [1.165, 1.54) is 6.08 Å². The van der Waals surface area contributed by atoms with Crippen LogP contribution in [0.1, 0.15) is 13.3 Å². The third-order valence-electron chi connectivity index (χ3n) is 2.53. The molecule has 1 saturated heterocycles. The van der Waals surface area contributed by atoms with Crippen molar-refractivity contribution in [3.63, 3.8) is 0 Å². The van der Waals surface area contributed by atoms with Crippen LogP contribution < -0.4 is 5.32 Å². The summed E-state index contributed by atoms with van der Waals surface area (Å²) in [5.74, 6) is -1.06. The van der Waals surface area contributed by atoms with Gasteiger partial charge in [0, 0.05) is 13.1 Å². The molecule has 0 radical (unpaired) electrons. The summed E-state index contributed by atoms with van der Waals surface area (Å²) >= 11 is 0. The standard InChI is InChI=1S/C11H18N2O4/c1-3-4-9(10(14)15)12-11(16)13-5-6-17-8(2)7-13/h3,8-9H,1,4-7H2,2H3,(H,12,16)(H,14,15). The minimum atomic E-state index is -1.06. The molecule has 0 aliphatic carbocycles. The van der Waals surface area contributed by atoms with Gasteiger partial charge in [0.15, 0.2) is 0 Å². The van der Waals surface area contributed by atoms with Crippen molar-refractivity contribution in [3.05, 3.63) is 12.7 Å². The molecule has 0 spiro atoms. The van der Waals surface area contributed by atoms with Crippen LogP contribution in [0.2, 0.25) is 0 Å². The molecule has 1 heterocycles. The van der Waals surface area contributed by atoms with E-state index in [4.69, 9.17) is 9.84 Å². The predicted octanol–water partition coefficient (Wildman–Crippen LogP) is 0.446. The largest absolute Gasteiger partial charge is 0.480 e. The van der Waals surface area contributed by atoms with Crippen molar-refractivity contribution in [2.75, 3.05) is 19.7 Å². The van der Waals surface area contributed by atoms with Gasteiger partial charge in [0.05, 0.1) is 12.7 Å². The lowest BCUT2D eigenvalue weighted by atomic mass is 10.2. The van der Waals surface area contributed by atoms with Crippen LogP contribution in [-0.4, -0.2) is 53.8 Å². The lowest BCUT2D eigenvalue weighted by Gasteiger charge is -2.31. The molecule has 0 bridgehead atoms. The van der Waals surface area contributed by atoms with Gasteiger partial charge in [-0.05, 0) is 13.3 Å². The van der Waals surface area contributed by atoms with Gasteiger partial charge < -0.3 is 20.1 Å². The first kappa shape index (κ1) is 13.5. The van der Waals surface area contributed by atoms with Gasteiger partial charge >= 0.3 is 12.0 Å². The Balaban J connectivity index is 2.51. The number of nitrogens with zero attached hydrogens (tertiary/aromatic N) is 1. The molecule has 1 aliphatic heterocycles. The molecule has 2 unspecified atom stereocenters. The number of rotatable bonds is 4. The van der Waals surface area contributed by atoms with Crippen LogP contribution >= 0.6 is 0 Å². The third kappa shape index (κ3) is 4.07. The lowest BCUT2D eigenvalue weighted by molar-refractivity contribution is -0.139. The van der Waals surface area contributed by atoms with Gasteiger partial charge in [0.1, 0.15) is 6.04 Å². The highest BCUT2D eigenvalue weighted by atomic mass is 16.5. The van der Waals surface area contributed by atoms with E-state index < -0.39 is 12.0 Å². The van der Waals surface area contributed by atoms with Crippen molar-refractivity contribution in [1.29, 1.82) is 0 Å². The smallest absolute Gasteiger partial charge is 0.326 e. The van der Waals surface area contributed by atoms with Crippen molar-refractivity contribution in [1.82, 2.24) is 10.2 Å². The number of aliphatic carboxylic acids is 1. The molecule has 0 aromatic heterocycles. The number of morpholine rings is 1. The average molecular weight is 242 g/mol. The molecule has 6 heteroatoms. The molecule has 2 N–H and O–H groups in total. The third-order valence-corrected chi connectivity index (χ3v) is 2.53. The van der Waals surface area contributed by atoms with Gasteiger partial charge in [-0.3, -0.25) is 0 Å². The number of carboxylic acids is 1. The summed E-state index contributed by atoms with van der Waals surface area (Å²) in [7, 11) is 0. The van der Waals surface area contributed by atoms with Crippen LogP contribution in [0.5, 0.6) is 0 Å². The fraction of sp³-hybridized carbons (Fsp3) is 0.636. The topological polar surface area (TPSA) is 78.9 Å². The molecule has 1 aliphatic rings. The van der Waals surface area contributed by atoms with Crippen molar-refractivity contribution in [3.8, 4) is 0 Å². The number of urea groups is 1. The maximum atomic E-state index is 11.8. The highest BCUT2D eigenvalue weighted by Gasteiger charge is 2.25. The van der Waals surface area contributed by atoms with Crippen LogP contribution in [0.15, 0.2) is 12.7 Å². The molecule has 1 rings (SSSR count). The summed E-state index contributed by atoms with van der Waals surface area (Å²) in [5.41, 5.74) is 0. The van der Waals surface area contributed by atoms with Gasteiger partial charge in [0.25, 0.3) is 0 Å². The van der Waals surface area contributed by atoms with Gasteiger partial charge in [-0.1, -0.05) is 6.08 Å². The van der Waals surface area contributed by atoms with Crippen LogP contribution in [0.4, 0.5) is 4.79 Å². The number of hydrogen-bond acceptors (Lipinski definition) is 3. The zero-order chi connectivity index (χ0) is 12.8. The zero-order valence-corrected chi connectivity index (χ0v) is 9.89. The maximum Gasteiger partial charge on any atom is 0.326 e. The van der Waals surface area contributed by atoms with Crippen LogP contribution in [0, 0.1) is 0 Å². The minimum absolute atomic E-state index is 0.0165. The Labute approximate surface area is 100 Å². The van der Waals surface area contributed by atoms with Crippen LogP contribution in [0.25, 0.3) is 0 Å². The van der Waals surface area contributed by atoms with E-state index in [-0.39, 0.29) is 18.6 Å². The fourth-order valence-electron chi connectivity index (χ4n) is 1.63. The minimum Gasteiger partial charge on any atom is -0.480 e. The van der Waals surface area contributed by atoms with Crippen molar-refractivity contribution >= 4 is 12.0 Å². The van der Waals surface area contributed by atoms with E-state index in [2.05, 4.69) is 11.9 Å². The second kappa shape index (κ2) is 6.24. The molecule has 1 fully saturated rings. The molecular weight excluding hydrogens is 224 g/mol. The Kier molecular flexibility index (Phi) is 4.96. The van der Waals surface area contributed by atoms with Crippen molar-refractivity contribution < 1.29 is 19.4 Å². The van der Waals surface area contributed by atoms with E-state index in [9.17, 15) is 9.59 Å². The monoisotopic (exact) mass is 242 g/mol. The van der Waals surface area contributed by atoms with E-state index in [1.54, 1.807) is 4.90 Å². The Hall–Kier alpha value is -1.56. The van der Waals surface area contributed by atoms with Crippen LogP contribution in [-0.2, 0) is 9.53 Å². The Morgan fingerprint density at radius 1 is 1.71 bits per heavy atom. The van der Waals surface area contributed by atoms with Crippen molar-refractivity contribution in [2.45, 2.75) is 25.5 Å². The highest BCUT2D eigenvalue weighted by molar-refractivity contribution is 5.82. The van der Waals surface area contributed by atoms with E-state index in [0.29, 0.717) is 19.7 Å². The highest BCUT2D eigenvalue weighted by Crippen LogP contribution is 2.05. The van der Waals surface area contributed by atoms with Gasteiger partial charge in [-0.15, -0.1) is 6.58 Å². The molecule has 0 saturated carbocycles. The molecule has 6 nitrogen and oxygen atoms in total. The first-order chi connectivity index (χ1) is 8.04. The number of carbonyl (C=O) groups is 2.